The summed E-state index contributed by atoms with van der Waals surface area (Å²) >= 11 is 2.33. The molecule has 0 radical (unpaired) electrons. The molecule has 0 saturated carbocycles. The van der Waals surface area contributed by atoms with E-state index >= 15 is 0 Å². The molecule has 1 atom stereocenters. The molecule has 2 nitrogen and oxygen atoms in total. The van der Waals surface area contributed by atoms with Gasteiger partial charge in [0.15, 0.2) is 0 Å². The van der Waals surface area contributed by atoms with Crippen LogP contribution in [0, 0.1) is 3.57 Å². The molecule has 19 heavy (non-hydrogen) atoms. The fraction of sp³-hybridized carbons (Fsp3) is 0.312. The largest absolute Gasteiger partial charge is 0.305 e. The average Bonchev–Trinajstić information content (AvgIpc) is 2.45. The topological polar surface area (TPSA) is 24.9 Å². The van der Waals surface area contributed by atoms with E-state index in [0.29, 0.717) is 6.04 Å². The van der Waals surface area contributed by atoms with E-state index in [2.05, 4.69) is 77.1 Å². The Kier molecular flexibility index (Phi) is 5.34. The molecule has 0 bridgehead atoms. The zero-order valence-electron chi connectivity index (χ0n) is 11.4. The van der Waals surface area contributed by atoms with E-state index in [1.165, 1.54) is 14.7 Å². The summed E-state index contributed by atoms with van der Waals surface area (Å²) in [5.74, 6) is 0. The second-order valence-corrected chi connectivity index (χ2v) is 5.86. The van der Waals surface area contributed by atoms with Crippen molar-refractivity contribution in [2.75, 3.05) is 0 Å². The van der Waals surface area contributed by atoms with Gasteiger partial charge in [0, 0.05) is 22.4 Å². The van der Waals surface area contributed by atoms with Crippen LogP contribution in [0.1, 0.15) is 36.7 Å². The Morgan fingerprint density at radius 1 is 1.21 bits per heavy atom. The van der Waals surface area contributed by atoms with Crippen LogP contribution < -0.4 is 5.32 Å². The highest BCUT2D eigenvalue weighted by Gasteiger charge is 2.07. The summed E-state index contributed by atoms with van der Waals surface area (Å²) in [5, 5.41) is 3.54. The van der Waals surface area contributed by atoms with E-state index in [-0.39, 0.29) is 0 Å². The molecule has 0 aliphatic rings. The van der Waals surface area contributed by atoms with Crippen LogP contribution in [0.5, 0.6) is 0 Å². The van der Waals surface area contributed by atoms with E-state index in [4.69, 9.17) is 0 Å². The van der Waals surface area contributed by atoms with Crippen molar-refractivity contribution < 1.29 is 0 Å². The van der Waals surface area contributed by atoms with Crippen molar-refractivity contribution >= 4 is 22.6 Å². The van der Waals surface area contributed by atoms with E-state index in [9.17, 15) is 0 Å². The van der Waals surface area contributed by atoms with Gasteiger partial charge in [-0.15, -0.1) is 0 Å². The molecule has 2 aromatic rings. The van der Waals surface area contributed by atoms with Gasteiger partial charge in [0.1, 0.15) is 0 Å². The molecule has 1 N–H and O–H groups in total. The second-order valence-electron chi connectivity index (χ2n) is 4.62. The number of rotatable bonds is 5. The zero-order valence-corrected chi connectivity index (χ0v) is 13.5. The molecule has 0 amide bonds. The normalized spacial score (nSPS) is 12.4. The predicted molar refractivity (Wildman–Crippen MR) is 88.0 cm³/mol. The molecule has 1 unspecified atom stereocenters. The highest BCUT2D eigenvalue weighted by Crippen LogP contribution is 2.15. The van der Waals surface area contributed by atoms with Crippen LogP contribution in [0.25, 0.3) is 0 Å². The van der Waals surface area contributed by atoms with Crippen molar-refractivity contribution in [3.05, 3.63) is 63.0 Å². The fourth-order valence-electron chi connectivity index (χ4n) is 2.07. The van der Waals surface area contributed by atoms with Crippen molar-refractivity contribution in [2.24, 2.45) is 0 Å². The minimum Gasteiger partial charge on any atom is -0.305 e. The quantitative estimate of drug-likeness (QED) is 0.806. The van der Waals surface area contributed by atoms with Crippen LogP contribution in [-0.4, -0.2) is 4.98 Å². The summed E-state index contributed by atoms with van der Waals surface area (Å²) in [7, 11) is 0. The zero-order chi connectivity index (χ0) is 13.7. The molecular weight excluding hydrogens is 347 g/mol. The van der Waals surface area contributed by atoms with E-state index in [0.717, 1.165) is 18.7 Å². The van der Waals surface area contributed by atoms with Crippen LogP contribution in [0.4, 0.5) is 0 Å². The highest BCUT2D eigenvalue weighted by molar-refractivity contribution is 14.1. The Balaban J connectivity index is 2.00. The third-order valence-corrected chi connectivity index (χ3v) is 4.03. The van der Waals surface area contributed by atoms with Gasteiger partial charge in [0.2, 0.25) is 0 Å². The molecule has 0 aliphatic carbocycles. The lowest BCUT2D eigenvalue weighted by Crippen LogP contribution is -2.19. The minimum absolute atomic E-state index is 0.337. The van der Waals surface area contributed by atoms with Gasteiger partial charge in [-0.05, 0) is 65.3 Å². The first-order chi connectivity index (χ1) is 9.20. The maximum absolute atomic E-state index is 4.47. The number of nitrogens with one attached hydrogen (secondary N) is 1. The summed E-state index contributed by atoms with van der Waals surface area (Å²) in [6, 6.07) is 13.1. The first-order valence-electron chi connectivity index (χ1n) is 6.62. The third-order valence-electron chi connectivity index (χ3n) is 3.31. The van der Waals surface area contributed by atoms with Gasteiger partial charge in [-0.2, -0.15) is 0 Å². The second kappa shape index (κ2) is 7.01. The van der Waals surface area contributed by atoms with E-state index in [1.807, 2.05) is 12.3 Å². The molecule has 3 heteroatoms. The lowest BCUT2D eigenvalue weighted by Gasteiger charge is -2.15. The molecule has 100 valence electrons. The number of hydrogen-bond acceptors (Lipinski definition) is 2. The summed E-state index contributed by atoms with van der Waals surface area (Å²) in [6.45, 7) is 5.18. The van der Waals surface area contributed by atoms with Gasteiger partial charge in [-0.1, -0.05) is 25.1 Å². The molecule has 0 saturated heterocycles. The number of benzene rings is 1. The molecule has 1 heterocycles. The molecular formula is C16H19IN2. The highest BCUT2D eigenvalue weighted by atomic mass is 127. The number of hydrogen-bond donors (Lipinski definition) is 1. The van der Waals surface area contributed by atoms with Crippen molar-refractivity contribution in [1.29, 1.82) is 0 Å². The van der Waals surface area contributed by atoms with Crippen molar-refractivity contribution in [3.63, 3.8) is 0 Å². The summed E-state index contributed by atoms with van der Waals surface area (Å²) in [4.78, 5) is 4.47. The first kappa shape index (κ1) is 14.5. The predicted octanol–water partition coefficient (Wildman–Crippen LogP) is 4.10. The number of aromatic nitrogens is 1. The third kappa shape index (κ3) is 4.01. The maximum Gasteiger partial charge on any atom is 0.0573 e. The van der Waals surface area contributed by atoms with Gasteiger partial charge in [0.05, 0.1) is 5.69 Å². The Bertz CT molecular complexity index is 523. The summed E-state index contributed by atoms with van der Waals surface area (Å²) in [5.41, 5.74) is 3.79. The van der Waals surface area contributed by atoms with Crippen molar-refractivity contribution in [2.45, 2.75) is 32.9 Å². The molecule has 0 aliphatic heterocycles. The summed E-state index contributed by atoms with van der Waals surface area (Å²) < 4.78 is 1.27. The van der Waals surface area contributed by atoms with Crippen LogP contribution in [0.15, 0.2) is 42.6 Å². The molecule has 0 spiro atoms. The minimum atomic E-state index is 0.337. The van der Waals surface area contributed by atoms with E-state index in [1.54, 1.807) is 0 Å². The van der Waals surface area contributed by atoms with Gasteiger partial charge < -0.3 is 5.32 Å². The maximum atomic E-state index is 4.47. The van der Waals surface area contributed by atoms with Gasteiger partial charge in [-0.3, -0.25) is 4.98 Å². The van der Waals surface area contributed by atoms with Crippen molar-refractivity contribution in [3.8, 4) is 0 Å². The number of aryl methyl sites for hydroxylation is 1. The Labute approximate surface area is 128 Å². The van der Waals surface area contributed by atoms with Crippen molar-refractivity contribution in [1.82, 2.24) is 10.3 Å². The van der Waals surface area contributed by atoms with E-state index < -0.39 is 0 Å². The lowest BCUT2D eigenvalue weighted by atomic mass is 10.1. The monoisotopic (exact) mass is 366 g/mol. The molecule has 1 aromatic carbocycles. The lowest BCUT2D eigenvalue weighted by molar-refractivity contribution is 0.565. The Morgan fingerprint density at radius 3 is 2.63 bits per heavy atom. The van der Waals surface area contributed by atoms with Gasteiger partial charge in [0.25, 0.3) is 0 Å². The fourth-order valence-corrected chi connectivity index (χ4v) is 2.43. The number of pyridine rings is 1. The Hall–Kier alpha value is -0.940. The standard InChI is InChI=1S/C16H19IN2/c1-3-13-5-4-10-18-16(13)11-19-12(2)14-6-8-15(17)9-7-14/h4-10,12,19H,3,11H2,1-2H3. The molecule has 2 rings (SSSR count). The molecule has 1 aromatic heterocycles. The number of nitrogens with zero attached hydrogens (tertiary/aromatic N) is 1. The molecule has 0 fully saturated rings. The van der Waals surface area contributed by atoms with Gasteiger partial charge >= 0.3 is 0 Å². The van der Waals surface area contributed by atoms with Gasteiger partial charge in [-0.25, -0.2) is 0 Å². The van der Waals surface area contributed by atoms with Crippen LogP contribution >= 0.6 is 22.6 Å². The number of halogens is 1. The summed E-state index contributed by atoms with van der Waals surface area (Å²) in [6.07, 6.45) is 2.90. The van der Waals surface area contributed by atoms with Crippen LogP contribution in [0.2, 0.25) is 0 Å². The van der Waals surface area contributed by atoms with Crippen LogP contribution in [-0.2, 0) is 13.0 Å². The first-order valence-corrected chi connectivity index (χ1v) is 7.70. The van der Waals surface area contributed by atoms with Crippen LogP contribution in [0.3, 0.4) is 0 Å². The SMILES string of the molecule is CCc1cccnc1CNC(C)c1ccc(I)cc1. The Morgan fingerprint density at radius 2 is 1.95 bits per heavy atom. The average molecular weight is 366 g/mol. The smallest absolute Gasteiger partial charge is 0.0573 e.